The molecule has 5 rings (SSSR count). The monoisotopic (exact) mass is 833 g/mol. The van der Waals surface area contributed by atoms with Gasteiger partial charge in [0.05, 0.1) is 30.1 Å². The summed E-state index contributed by atoms with van der Waals surface area (Å²) in [6, 6.07) is 23.4. The number of rotatable bonds is 16. The summed E-state index contributed by atoms with van der Waals surface area (Å²) in [6.07, 6.45) is -0.0562. The molecule has 326 valence electrons. The zero-order valence-corrected chi connectivity index (χ0v) is 37.1. The number of aliphatic hydroxyl groups excluding tert-OH is 1. The van der Waals surface area contributed by atoms with Crippen molar-refractivity contribution in [3.05, 3.63) is 119 Å². The lowest BCUT2D eigenvalue weighted by atomic mass is 9.84. The van der Waals surface area contributed by atoms with Crippen molar-refractivity contribution < 1.29 is 29.4 Å². The van der Waals surface area contributed by atoms with Gasteiger partial charge in [0.2, 0.25) is 11.8 Å². The molecule has 3 heterocycles. The molecular formula is C48H63N7O6. The number of carbonyl (C=O) groups excluding carboxylic acids is 3. The number of amides is 5. The normalized spacial score (nSPS) is 15.7. The number of carboxylic acid groups (broad SMARTS) is 1. The minimum Gasteiger partial charge on any atom is -0.465 e. The number of aromatic nitrogens is 2. The Morgan fingerprint density at radius 2 is 1.49 bits per heavy atom. The number of nitrogens with zero attached hydrogens (tertiary/aromatic N) is 5. The van der Waals surface area contributed by atoms with Crippen molar-refractivity contribution in [3.63, 3.8) is 0 Å². The van der Waals surface area contributed by atoms with Crippen LogP contribution >= 0.6 is 0 Å². The lowest BCUT2D eigenvalue weighted by molar-refractivity contribution is -0.131. The Labute approximate surface area is 360 Å². The summed E-state index contributed by atoms with van der Waals surface area (Å²) in [5.41, 5.74) is 4.77. The van der Waals surface area contributed by atoms with E-state index in [0.717, 1.165) is 44.2 Å². The van der Waals surface area contributed by atoms with Gasteiger partial charge in [-0.15, -0.1) is 0 Å². The topological polar surface area (TPSA) is 168 Å². The average Bonchev–Trinajstić information content (AvgIpc) is 3.51. The van der Waals surface area contributed by atoms with Gasteiger partial charge in [0.15, 0.2) is 0 Å². The average molecular weight is 834 g/mol. The van der Waals surface area contributed by atoms with Gasteiger partial charge in [0.25, 0.3) is 0 Å². The number of benzene rings is 2. The van der Waals surface area contributed by atoms with Crippen LogP contribution in [0.1, 0.15) is 76.0 Å². The molecule has 13 heteroatoms. The molecule has 4 aromatic rings. The van der Waals surface area contributed by atoms with Crippen LogP contribution in [-0.4, -0.2) is 109 Å². The Morgan fingerprint density at radius 3 is 2.10 bits per heavy atom. The largest absolute Gasteiger partial charge is 0.465 e. The van der Waals surface area contributed by atoms with Crippen LogP contribution in [0.3, 0.4) is 0 Å². The zero-order valence-electron chi connectivity index (χ0n) is 37.1. The number of aliphatic hydroxyl groups is 1. The molecule has 1 aliphatic rings. The van der Waals surface area contributed by atoms with E-state index in [-0.39, 0.29) is 24.8 Å². The van der Waals surface area contributed by atoms with Crippen molar-refractivity contribution in [1.82, 2.24) is 35.3 Å². The SMILES string of the molecule is Cc1ccnc(-c2ccc(C[C@H](NC(=O)[C@@H](N(C)C(=O)O)C(C)(C)C)[C@H](O)C[C@H](Cc3ccccc3)NC(=O)[C@@H](N3CCN(Cc4cccc(C)n4)C3=O)C(C)(C)C)cc2)c1. The number of hydrogen-bond donors (Lipinski definition) is 4. The standard InChI is InChI=1S/C48H63N7O6/c1-31-22-23-49-38(26-31)35-20-18-34(19-21-35)28-39(52-43(57)41(47(3,4)5)53(9)46(60)61)40(56)29-37(27-33-15-11-10-12-16-33)51-44(58)42(48(6,7)8)55-25-24-54(45(55)59)30-36-17-13-14-32(2)50-36/h10-23,26,37,39-42,56H,24-25,27-30H2,1-9H3,(H,51,58)(H,52,57)(H,60,61)/t37-,39-,40+,41+,42+/m0/s1. The number of nitrogens with one attached hydrogen (secondary N) is 2. The van der Waals surface area contributed by atoms with Crippen molar-refractivity contribution in [2.45, 2.75) is 111 Å². The predicted octanol–water partition coefficient (Wildman–Crippen LogP) is 6.64. The van der Waals surface area contributed by atoms with Crippen LogP contribution in [0, 0.1) is 24.7 Å². The molecule has 1 fully saturated rings. The van der Waals surface area contributed by atoms with E-state index in [1.54, 1.807) is 36.8 Å². The fraction of sp³-hybridized carbons (Fsp3) is 0.458. The first kappa shape index (κ1) is 46.2. The summed E-state index contributed by atoms with van der Waals surface area (Å²) in [5.74, 6) is -0.891. The highest BCUT2D eigenvalue weighted by Gasteiger charge is 2.44. The molecule has 0 spiro atoms. The van der Waals surface area contributed by atoms with Gasteiger partial charge in [0.1, 0.15) is 12.1 Å². The summed E-state index contributed by atoms with van der Waals surface area (Å²) in [6.45, 7) is 16.2. The van der Waals surface area contributed by atoms with Gasteiger partial charge in [-0.1, -0.05) is 102 Å². The number of pyridine rings is 2. The quantitative estimate of drug-likeness (QED) is 0.0975. The maximum atomic E-state index is 14.6. The second-order valence-electron chi connectivity index (χ2n) is 18.5. The molecule has 0 saturated carbocycles. The molecule has 1 saturated heterocycles. The van der Waals surface area contributed by atoms with Crippen molar-refractivity contribution in [3.8, 4) is 11.3 Å². The van der Waals surface area contributed by atoms with E-state index in [4.69, 9.17) is 0 Å². The first-order chi connectivity index (χ1) is 28.7. The molecule has 13 nitrogen and oxygen atoms in total. The van der Waals surface area contributed by atoms with Crippen molar-refractivity contribution in [2.75, 3.05) is 20.1 Å². The van der Waals surface area contributed by atoms with Crippen LogP contribution in [0.2, 0.25) is 0 Å². The molecule has 4 N–H and O–H groups in total. The Balaban J connectivity index is 1.43. The van der Waals surface area contributed by atoms with Crippen LogP contribution in [0.15, 0.2) is 91.1 Å². The fourth-order valence-corrected chi connectivity index (χ4v) is 8.27. The van der Waals surface area contributed by atoms with E-state index in [0.29, 0.717) is 26.1 Å². The van der Waals surface area contributed by atoms with Crippen LogP contribution in [0.5, 0.6) is 0 Å². The molecule has 1 aliphatic heterocycles. The summed E-state index contributed by atoms with van der Waals surface area (Å²) >= 11 is 0. The van der Waals surface area contributed by atoms with Crippen LogP contribution in [-0.2, 0) is 29.0 Å². The van der Waals surface area contributed by atoms with Crippen molar-refractivity contribution in [1.29, 1.82) is 0 Å². The maximum absolute atomic E-state index is 14.6. The first-order valence-electron chi connectivity index (χ1n) is 21.0. The molecule has 0 aliphatic carbocycles. The van der Waals surface area contributed by atoms with Gasteiger partial charge in [-0.05, 0) is 84.9 Å². The molecule has 5 amide bonds. The second kappa shape index (κ2) is 19.7. The highest BCUT2D eigenvalue weighted by atomic mass is 16.4. The summed E-state index contributed by atoms with van der Waals surface area (Å²) < 4.78 is 0. The smallest absolute Gasteiger partial charge is 0.407 e. The second-order valence-corrected chi connectivity index (χ2v) is 18.5. The highest BCUT2D eigenvalue weighted by molar-refractivity contribution is 5.89. The molecule has 2 aromatic heterocycles. The molecule has 0 radical (unpaired) electrons. The van der Waals surface area contributed by atoms with E-state index in [2.05, 4.69) is 20.6 Å². The van der Waals surface area contributed by atoms with Crippen LogP contribution in [0.25, 0.3) is 11.3 Å². The fourth-order valence-electron chi connectivity index (χ4n) is 8.27. The van der Waals surface area contributed by atoms with Crippen LogP contribution < -0.4 is 10.6 Å². The lowest BCUT2D eigenvalue weighted by Crippen LogP contribution is -2.59. The van der Waals surface area contributed by atoms with Gasteiger partial charge in [-0.3, -0.25) is 24.5 Å². The van der Waals surface area contributed by atoms with Gasteiger partial charge >= 0.3 is 12.1 Å². The van der Waals surface area contributed by atoms with E-state index in [9.17, 15) is 29.4 Å². The molecule has 5 atom stereocenters. The number of likely N-dealkylation sites (N-methyl/N-ethyl adjacent to an activating group) is 1. The highest BCUT2D eigenvalue weighted by Crippen LogP contribution is 2.30. The van der Waals surface area contributed by atoms with E-state index >= 15 is 0 Å². The third kappa shape index (κ3) is 12.4. The summed E-state index contributed by atoms with van der Waals surface area (Å²) in [7, 11) is 1.36. The van der Waals surface area contributed by atoms with Gasteiger partial charge in [0, 0.05) is 43.6 Å². The molecule has 0 bridgehead atoms. The molecule has 2 aromatic carbocycles. The molecular weight excluding hydrogens is 771 g/mol. The number of hydrogen-bond acceptors (Lipinski definition) is 7. The maximum Gasteiger partial charge on any atom is 0.407 e. The third-order valence-corrected chi connectivity index (χ3v) is 11.2. The zero-order chi connectivity index (χ0) is 44.6. The minimum atomic E-state index is -1.25. The Bertz CT molecular complexity index is 2130. The van der Waals surface area contributed by atoms with E-state index in [1.807, 2.05) is 120 Å². The van der Waals surface area contributed by atoms with E-state index in [1.165, 1.54) is 7.05 Å². The third-order valence-electron chi connectivity index (χ3n) is 11.2. The minimum absolute atomic E-state index is 0.0434. The van der Waals surface area contributed by atoms with E-state index < -0.39 is 53.1 Å². The first-order valence-corrected chi connectivity index (χ1v) is 21.0. The van der Waals surface area contributed by atoms with Crippen molar-refractivity contribution >= 4 is 23.9 Å². The Kier molecular flexibility index (Phi) is 14.9. The number of urea groups is 1. The molecule has 0 unspecified atom stereocenters. The van der Waals surface area contributed by atoms with Gasteiger partial charge < -0.3 is 30.6 Å². The number of carbonyl (C=O) groups is 4. The van der Waals surface area contributed by atoms with Gasteiger partial charge in [-0.25, -0.2) is 9.59 Å². The summed E-state index contributed by atoms with van der Waals surface area (Å²) in [4.78, 5) is 68.3. The lowest BCUT2D eigenvalue weighted by Gasteiger charge is -2.38. The van der Waals surface area contributed by atoms with Crippen LogP contribution in [0.4, 0.5) is 9.59 Å². The number of aryl methyl sites for hydroxylation is 2. The summed E-state index contributed by atoms with van der Waals surface area (Å²) in [5, 5.41) is 28.4. The Hall–Kier alpha value is -5.82. The van der Waals surface area contributed by atoms with Gasteiger partial charge in [-0.2, -0.15) is 0 Å². The molecule has 61 heavy (non-hydrogen) atoms. The predicted molar refractivity (Wildman–Crippen MR) is 237 cm³/mol. The van der Waals surface area contributed by atoms with Crippen molar-refractivity contribution in [2.24, 2.45) is 10.8 Å². The Morgan fingerprint density at radius 1 is 0.820 bits per heavy atom.